The Kier molecular flexibility index (Phi) is 4.52. The first-order valence-corrected chi connectivity index (χ1v) is 8.53. The van der Waals surface area contributed by atoms with Crippen LogP contribution in [0.2, 0.25) is 5.02 Å². The molecule has 1 heterocycles. The Labute approximate surface area is 160 Å². The van der Waals surface area contributed by atoms with Crippen LogP contribution in [0, 0.1) is 11.3 Å². The maximum atomic E-state index is 9.18. The van der Waals surface area contributed by atoms with Crippen LogP contribution in [-0.2, 0) is 0 Å². The molecule has 4 aromatic rings. The summed E-state index contributed by atoms with van der Waals surface area (Å²) in [7, 11) is 0. The lowest BCUT2D eigenvalue weighted by molar-refractivity contribution is 0.787. The second kappa shape index (κ2) is 7.28. The normalized spacial score (nSPS) is 11.0. The zero-order chi connectivity index (χ0) is 18.6. The van der Waals surface area contributed by atoms with Crippen molar-refractivity contribution in [1.82, 2.24) is 20.2 Å². The molecule has 4 rings (SSSR count). The first kappa shape index (κ1) is 16.8. The van der Waals surface area contributed by atoms with Crippen LogP contribution < -0.4 is 5.32 Å². The van der Waals surface area contributed by atoms with E-state index < -0.39 is 0 Å². The first-order valence-electron chi connectivity index (χ1n) is 8.15. The van der Waals surface area contributed by atoms with Crippen LogP contribution in [0.5, 0.6) is 0 Å². The number of rotatable bonds is 4. The summed E-state index contributed by atoms with van der Waals surface area (Å²) < 4.78 is 1.65. The Bertz CT molecular complexity index is 1190. The lowest BCUT2D eigenvalue weighted by atomic mass is 10.1. The van der Waals surface area contributed by atoms with Gasteiger partial charge in [-0.25, -0.2) is 0 Å². The van der Waals surface area contributed by atoms with Crippen LogP contribution >= 0.6 is 11.6 Å². The molecule has 7 heteroatoms. The highest BCUT2D eigenvalue weighted by Crippen LogP contribution is 2.21. The lowest BCUT2D eigenvalue weighted by Crippen LogP contribution is -2.00. The van der Waals surface area contributed by atoms with E-state index in [9.17, 15) is 5.26 Å². The van der Waals surface area contributed by atoms with E-state index >= 15 is 0 Å². The Morgan fingerprint density at radius 1 is 1.04 bits per heavy atom. The van der Waals surface area contributed by atoms with Gasteiger partial charge >= 0.3 is 0 Å². The molecular weight excluding hydrogens is 360 g/mol. The van der Waals surface area contributed by atoms with Gasteiger partial charge in [0.05, 0.1) is 16.9 Å². The minimum Gasteiger partial charge on any atom is -0.360 e. The standard InChI is InChI=1S/C20H13ClN6/c21-17-7-5-16(13-22)19(12-17)23-10-9-20-24-25-26-27(20)18-8-6-14-3-1-2-4-15(14)11-18/h1-12,23H/b10-9-. The second-order valence-corrected chi connectivity index (χ2v) is 6.20. The summed E-state index contributed by atoms with van der Waals surface area (Å²) >= 11 is 6.00. The molecule has 1 N–H and O–H groups in total. The van der Waals surface area contributed by atoms with Gasteiger partial charge in [0.1, 0.15) is 6.07 Å². The van der Waals surface area contributed by atoms with Gasteiger partial charge in [-0.05, 0) is 51.5 Å². The third-order valence-electron chi connectivity index (χ3n) is 4.04. The van der Waals surface area contributed by atoms with E-state index in [1.165, 1.54) is 0 Å². The SMILES string of the molecule is N#Cc1ccc(Cl)cc1N/C=C\c1nnnn1-c1ccc2ccccc2c1. The number of anilines is 1. The van der Waals surface area contributed by atoms with Gasteiger partial charge in [-0.2, -0.15) is 9.94 Å². The zero-order valence-corrected chi connectivity index (χ0v) is 14.8. The highest BCUT2D eigenvalue weighted by atomic mass is 35.5. The number of halogens is 1. The molecule has 0 saturated heterocycles. The average Bonchev–Trinajstić information content (AvgIpc) is 3.16. The monoisotopic (exact) mass is 372 g/mol. The molecule has 0 aliphatic carbocycles. The molecule has 3 aromatic carbocycles. The fourth-order valence-electron chi connectivity index (χ4n) is 2.73. The van der Waals surface area contributed by atoms with Crippen molar-refractivity contribution < 1.29 is 0 Å². The van der Waals surface area contributed by atoms with Gasteiger partial charge in [0.15, 0.2) is 5.82 Å². The number of aromatic nitrogens is 4. The Morgan fingerprint density at radius 3 is 2.74 bits per heavy atom. The molecule has 130 valence electrons. The molecule has 0 saturated carbocycles. The molecule has 0 aliphatic rings. The minimum atomic E-state index is 0.498. The zero-order valence-electron chi connectivity index (χ0n) is 14.0. The quantitative estimate of drug-likeness (QED) is 0.573. The summed E-state index contributed by atoms with van der Waals surface area (Å²) in [6, 6.07) is 21.3. The van der Waals surface area contributed by atoms with Crippen molar-refractivity contribution in [3.63, 3.8) is 0 Å². The minimum absolute atomic E-state index is 0.498. The molecule has 0 amide bonds. The van der Waals surface area contributed by atoms with Crippen LogP contribution in [0.4, 0.5) is 5.69 Å². The van der Waals surface area contributed by atoms with Crippen molar-refractivity contribution in [2.75, 3.05) is 5.32 Å². The first-order chi connectivity index (χ1) is 13.2. The number of benzene rings is 3. The summed E-state index contributed by atoms with van der Waals surface area (Å²) in [5.74, 6) is 0.554. The van der Waals surface area contributed by atoms with E-state index in [0.717, 1.165) is 16.5 Å². The third kappa shape index (κ3) is 3.50. The highest BCUT2D eigenvalue weighted by Gasteiger charge is 2.06. The number of fused-ring (bicyclic) bond motifs is 1. The summed E-state index contributed by atoms with van der Waals surface area (Å²) in [6.45, 7) is 0. The molecular formula is C20H13ClN6. The van der Waals surface area contributed by atoms with Gasteiger partial charge in [-0.1, -0.05) is 41.9 Å². The summed E-state index contributed by atoms with van der Waals surface area (Å²) in [4.78, 5) is 0. The second-order valence-electron chi connectivity index (χ2n) is 5.76. The summed E-state index contributed by atoms with van der Waals surface area (Å²) in [6.07, 6.45) is 3.41. The predicted octanol–water partition coefficient (Wildman–Crippen LogP) is 4.42. The maximum absolute atomic E-state index is 9.18. The fourth-order valence-corrected chi connectivity index (χ4v) is 2.90. The maximum Gasteiger partial charge on any atom is 0.181 e. The molecule has 0 aliphatic heterocycles. The Hall–Kier alpha value is -3.69. The van der Waals surface area contributed by atoms with Crippen molar-refractivity contribution in [2.24, 2.45) is 0 Å². The van der Waals surface area contributed by atoms with E-state index in [-0.39, 0.29) is 0 Å². The van der Waals surface area contributed by atoms with Crippen LogP contribution in [-0.4, -0.2) is 20.2 Å². The van der Waals surface area contributed by atoms with Crippen LogP contribution in [0.1, 0.15) is 11.4 Å². The van der Waals surface area contributed by atoms with Gasteiger partial charge in [0.2, 0.25) is 0 Å². The number of nitriles is 1. The number of hydrogen-bond acceptors (Lipinski definition) is 5. The number of nitrogens with zero attached hydrogens (tertiary/aromatic N) is 5. The molecule has 0 radical (unpaired) electrons. The Balaban J connectivity index is 1.61. The van der Waals surface area contributed by atoms with Gasteiger partial charge in [-0.3, -0.25) is 0 Å². The largest absolute Gasteiger partial charge is 0.360 e. The van der Waals surface area contributed by atoms with Gasteiger partial charge < -0.3 is 5.32 Å². The van der Waals surface area contributed by atoms with Gasteiger partial charge in [0, 0.05) is 17.3 Å². The van der Waals surface area contributed by atoms with Crippen LogP contribution in [0.15, 0.2) is 66.9 Å². The van der Waals surface area contributed by atoms with Crippen molar-refractivity contribution >= 4 is 34.1 Å². The molecule has 1 aromatic heterocycles. The van der Waals surface area contributed by atoms with E-state index in [2.05, 4.69) is 33.0 Å². The molecule has 27 heavy (non-hydrogen) atoms. The van der Waals surface area contributed by atoms with Gasteiger partial charge in [-0.15, -0.1) is 5.10 Å². The van der Waals surface area contributed by atoms with Crippen LogP contribution in [0.25, 0.3) is 22.5 Å². The van der Waals surface area contributed by atoms with E-state index in [4.69, 9.17) is 11.6 Å². The average molecular weight is 373 g/mol. The molecule has 0 fully saturated rings. The smallest absolute Gasteiger partial charge is 0.181 e. The molecule has 0 atom stereocenters. The van der Waals surface area contributed by atoms with Crippen molar-refractivity contribution in [1.29, 1.82) is 5.26 Å². The fraction of sp³-hybridized carbons (Fsp3) is 0. The lowest BCUT2D eigenvalue weighted by Gasteiger charge is -2.05. The Morgan fingerprint density at radius 2 is 1.89 bits per heavy atom. The third-order valence-corrected chi connectivity index (χ3v) is 4.28. The summed E-state index contributed by atoms with van der Waals surface area (Å²) in [5.41, 5.74) is 1.97. The van der Waals surface area contributed by atoms with E-state index in [1.54, 1.807) is 35.2 Å². The van der Waals surface area contributed by atoms with Crippen molar-refractivity contribution in [3.8, 4) is 11.8 Å². The topological polar surface area (TPSA) is 79.4 Å². The summed E-state index contributed by atoms with van der Waals surface area (Å²) in [5, 5.41) is 26.9. The van der Waals surface area contributed by atoms with Gasteiger partial charge in [0.25, 0.3) is 0 Å². The van der Waals surface area contributed by atoms with Crippen molar-refractivity contribution in [2.45, 2.75) is 0 Å². The number of tetrazole rings is 1. The molecule has 6 nitrogen and oxygen atoms in total. The molecule has 0 bridgehead atoms. The van der Waals surface area contributed by atoms with E-state index in [0.29, 0.717) is 22.1 Å². The van der Waals surface area contributed by atoms with Crippen molar-refractivity contribution in [3.05, 3.63) is 83.3 Å². The van der Waals surface area contributed by atoms with E-state index in [1.807, 2.05) is 36.4 Å². The predicted molar refractivity (Wildman–Crippen MR) is 105 cm³/mol. The molecule has 0 unspecified atom stereocenters. The molecule has 0 spiro atoms. The number of hydrogen-bond donors (Lipinski definition) is 1. The van der Waals surface area contributed by atoms with Crippen LogP contribution in [0.3, 0.4) is 0 Å². The highest BCUT2D eigenvalue weighted by molar-refractivity contribution is 6.30. The number of nitrogens with one attached hydrogen (secondary N) is 1.